The molecule has 124 valence electrons. The second-order valence-corrected chi connectivity index (χ2v) is 6.65. The Hall–Kier alpha value is -2.54. The van der Waals surface area contributed by atoms with E-state index in [1.807, 2.05) is 13.8 Å². The van der Waals surface area contributed by atoms with E-state index in [1.54, 1.807) is 23.5 Å². The zero-order chi connectivity index (χ0) is 17.1. The molecule has 7 heteroatoms. The van der Waals surface area contributed by atoms with Gasteiger partial charge >= 0.3 is 0 Å². The molecular formula is C17H17FN4OS. The third kappa shape index (κ3) is 3.51. The Bertz CT molecular complexity index is 876. The number of carbonyl (C=O) groups excluding carboxylic acids is 1. The van der Waals surface area contributed by atoms with Crippen molar-refractivity contribution >= 4 is 33.3 Å². The minimum atomic E-state index is -0.291. The van der Waals surface area contributed by atoms with E-state index >= 15 is 0 Å². The summed E-state index contributed by atoms with van der Waals surface area (Å²) in [6.45, 7) is 4.54. The average Bonchev–Trinajstić information content (AvgIpc) is 2.87. The second kappa shape index (κ2) is 6.92. The van der Waals surface area contributed by atoms with Crippen LogP contribution in [0, 0.1) is 19.7 Å². The first-order valence-electron chi connectivity index (χ1n) is 7.50. The van der Waals surface area contributed by atoms with E-state index in [9.17, 15) is 9.18 Å². The molecule has 0 unspecified atom stereocenters. The standard InChI is InChI=1S/C17H17FN4OS/c1-10-11(2)24-17-15(10)16(21-9-22-17)20-8-14(23)19-7-12-3-5-13(18)6-4-12/h3-6,9H,7-8H2,1-2H3,(H,19,23)(H,20,21,22). The maximum absolute atomic E-state index is 12.8. The summed E-state index contributed by atoms with van der Waals surface area (Å²) in [4.78, 5) is 22.6. The van der Waals surface area contributed by atoms with Gasteiger partial charge in [0.05, 0.1) is 11.9 Å². The fraction of sp³-hybridized carbons (Fsp3) is 0.235. The summed E-state index contributed by atoms with van der Waals surface area (Å²) < 4.78 is 12.8. The van der Waals surface area contributed by atoms with Gasteiger partial charge in [0.15, 0.2) is 0 Å². The number of carbonyl (C=O) groups is 1. The number of rotatable bonds is 5. The van der Waals surface area contributed by atoms with Crippen molar-refractivity contribution in [2.75, 3.05) is 11.9 Å². The lowest BCUT2D eigenvalue weighted by Gasteiger charge is -2.08. The van der Waals surface area contributed by atoms with Gasteiger partial charge in [-0.2, -0.15) is 0 Å². The van der Waals surface area contributed by atoms with Crippen LogP contribution in [-0.2, 0) is 11.3 Å². The molecule has 0 saturated heterocycles. The number of amides is 1. The number of nitrogens with one attached hydrogen (secondary N) is 2. The van der Waals surface area contributed by atoms with E-state index in [1.165, 1.54) is 23.3 Å². The third-order valence-corrected chi connectivity index (χ3v) is 4.90. The number of anilines is 1. The number of nitrogens with zero attached hydrogens (tertiary/aromatic N) is 2. The Labute approximate surface area is 143 Å². The van der Waals surface area contributed by atoms with Gasteiger partial charge in [-0.1, -0.05) is 12.1 Å². The minimum Gasteiger partial charge on any atom is -0.360 e. The normalized spacial score (nSPS) is 10.8. The van der Waals surface area contributed by atoms with Crippen LogP contribution in [0.15, 0.2) is 30.6 Å². The molecule has 2 heterocycles. The molecule has 0 fully saturated rings. The Morgan fingerprint density at radius 3 is 2.71 bits per heavy atom. The van der Waals surface area contributed by atoms with Crippen molar-refractivity contribution in [1.82, 2.24) is 15.3 Å². The van der Waals surface area contributed by atoms with E-state index in [4.69, 9.17) is 0 Å². The summed E-state index contributed by atoms with van der Waals surface area (Å²) in [5.41, 5.74) is 1.98. The molecule has 3 aromatic rings. The minimum absolute atomic E-state index is 0.113. The summed E-state index contributed by atoms with van der Waals surface area (Å²) in [7, 11) is 0. The van der Waals surface area contributed by atoms with Crippen molar-refractivity contribution in [2.45, 2.75) is 20.4 Å². The van der Waals surface area contributed by atoms with Gasteiger partial charge in [0, 0.05) is 11.4 Å². The second-order valence-electron chi connectivity index (χ2n) is 5.44. The zero-order valence-corrected chi connectivity index (χ0v) is 14.2. The SMILES string of the molecule is Cc1sc2ncnc(NCC(=O)NCc3ccc(F)cc3)c2c1C. The van der Waals surface area contributed by atoms with Gasteiger partial charge in [-0.3, -0.25) is 4.79 Å². The number of aromatic nitrogens is 2. The average molecular weight is 344 g/mol. The molecule has 0 spiro atoms. The van der Waals surface area contributed by atoms with Crippen molar-refractivity contribution in [2.24, 2.45) is 0 Å². The van der Waals surface area contributed by atoms with Crippen LogP contribution in [0.1, 0.15) is 16.0 Å². The van der Waals surface area contributed by atoms with Gasteiger partial charge in [-0.15, -0.1) is 11.3 Å². The molecule has 3 rings (SSSR count). The number of halogens is 1. The Balaban J connectivity index is 1.61. The van der Waals surface area contributed by atoms with E-state index in [0.29, 0.717) is 12.4 Å². The van der Waals surface area contributed by atoms with E-state index < -0.39 is 0 Å². The van der Waals surface area contributed by atoms with E-state index in [0.717, 1.165) is 21.3 Å². The molecule has 0 aliphatic carbocycles. The molecule has 1 aromatic carbocycles. The summed E-state index contributed by atoms with van der Waals surface area (Å²) in [5, 5.41) is 6.83. The van der Waals surface area contributed by atoms with Crippen LogP contribution in [0.25, 0.3) is 10.2 Å². The van der Waals surface area contributed by atoms with Crippen LogP contribution in [0.5, 0.6) is 0 Å². The Morgan fingerprint density at radius 1 is 1.21 bits per heavy atom. The van der Waals surface area contributed by atoms with Gasteiger partial charge in [0.25, 0.3) is 0 Å². The topological polar surface area (TPSA) is 66.9 Å². The summed E-state index contributed by atoms with van der Waals surface area (Å²) in [6.07, 6.45) is 1.50. The first kappa shape index (κ1) is 16.3. The van der Waals surface area contributed by atoms with Crippen LogP contribution < -0.4 is 10.6 Å². The third-order valence-electron chi connectivity index (χ3n) is 3.78. The predicted octanol–water partition coefficient (Wildman–Crippen LogP) is 3.18. The number of benzene rings is 1. The fourth-order valence-electron chi connectivity index (χ4n) is 2.35. The van der Waals surface area contributed by atoms with E-state index in [-0.39, 0.29) is 18.3 Å². The molecular weight excluding hydrogens is 327 g/mol. The smallest absolute Gasteiger partial charge is 0.239 e. The molecule has 0 aliphatic heterocycles. The summed E-state index contributed by atoms with van der Waals surface area (Å²) in [6, 6.07) is 6.04. The van der Waals surface area contributed by atoms with Gasteiger partial charge in [0.2, 0.25) is 5.91 Å². The molecule has 1 amide bonds. The fourth-order valence-corrected chi connectivity index (χ4v) is 3.34. The van der Waals surface area contributed by atoms with Crippen molar-refractivity contribution in [3.8, 4) is 0 Å². The molecule has 2 aromatic heterocycles. The lowest BCUT2D eigenvalue weighted by Crippen LogP contribution is -2.29. The predicted molar refractivity (Wildman–Crippen MR) is 93.6 cm³/mol. The Kier molecular flexibility index (Phi) is 4.71. The summed E-state index contributed by atoms with van der Waals surface area (Å²) in [5.74, 6) is 0.218. The first-order chi connectivity index (χ1) is 11.5. The Morgan fingerprint density at radius 2 is 1.96 bits per heavy atom. The molecule has 5 nitrogen and oxygen atoms in total. The van der Waals surface area contributed by atoms with Gasteiger partial charge in [-0.25, -0.2) is 14.4 Å². The molecule has 0 saturated carbocycles. The highest BCUT2D eigenvalue weighted by Gasteiger charge is 2.12. The molecule has 0 aliphatic rings. The number of aryl methyl sites for hydroxylation is 2. The number of thiophene rings is 1. The maximum Gasteiger partial charge on any atom is 0.239 e. The highest BCUT2D eigenvalue weighted by molar-refractivity contribution is 7.18. The van der Waals surface area contributed by atoms with Crippen LogP contribution in [0.3, 0.4) is 0 Å². The highest BCUT2D eigenvalue weighted by Crippen LogP contribution is 2.32. The first-order valence-corrected chi connectivity index (χ1v) is 8.32. The van der Waals surface area contributed by atoms with Gasteiger partial charge < -0.3 is 10.6 Å². The van der Waals surface area contributed by atoms with E-state index in [2.05, 4.69) is 20.6 Å². The zero-order valence-electron chi connectivity index (χ0n) is 13.4. The van der Waals surface area contributed by atoms with Crippen LogP contribution in [-0.4, -0.2) is 22.4 Å². The van der Waals surface area contributed by atoms with Gasteiger partial charge in [0.1, 0.15) is 22.8 Å². The summed E-state index contributed by atoms with van der Waals surface area (Å²) >= 11 is 1.61. The maximum atomic E-state index is 12.8. The molecule has 0 radical (unpaired) electrons. The van der Waals surface area contributed by atoms with Crippen molar-refractivity contribution in [1.29, 1.82) is 0 Å². The number of hydrogen-bond donors (Lipinski definition) is 2. The van der Waals surface area contributed by atoms with Crippen molar-refractivity contribution in [3.05, 3.63) is 52.4 Å². The largest absolute Gasteiger partial charge is 0.360 e. The molecule has 0 atom stereocenters. The van der Waals surface area contributed by atoms with Gasteiger partial charge in [-0.05, 0) is 37.1 Å². The van der Waals surface area contributed by atoms with Crippen LogP contribution in [0.2, 0.25) is 0 Å². The number of fused-ring (bicyclic) bond motifs is 1. The lowest BCUT2D eigenvalue weighted by molar-refractivity contribution is -0.119. The van der Waals surface area contributed by atoms with Crippen molar-refractivity contribution < 1.29 is 9.18 Å². The quantitative estimate of drug-likeness (QED) is 0.746. The lowest BCUT2D eigenvalue weighted by atomic mass is 10.2. The van der Waals surface area contributed by atoms with Crippen molar-refractivity contribution in [3.63, 3.8) is 0 Å². The number of hydrogen-bond acceptors (Lipinski definition) is 5. The monoisotopic (exact) mass is 344 g/mol. The molecule has 0 bridgehead atoms. The van der Waals surface area contributed by atoms with Crippen LogP contribution >= 0.6 is 11.3 Å². The highest BCUT2D eigenvalue weighted by atomic mass is 32.1. The molecule has 24 heavy (non-hydrogen) atoms. The van der Waals surface area contributed by atoms with Crippen LogP contribution in [0.4, 0.5) is 10.2 Å². The molecule has 2 N–H and O–H groups in total.